The number of rotatable bonds is 6. The van der Waals surface area contributed by atoms with Crippen LogP contribution in [0.1, 0.15) is 0 Å². The molecule has 12 aromatic rings. The van der Waals surface area contributed by atoms with Crippen molar-refractivity contribution >= 4 is 54.5 Å². The molecular weight excluding hydrogens is 733 g/mol. The minimum absolute atomic E-state index is 0.581. The summed E-state index contributed by atoms with van der Waals surface area (Å²) in [6, 6.07) is 72.2. The molecule has 0 aliphatic rings. The highest BCUT2D eigenvalue weighted by molar-refractivity contribution is 6.22. The second-order valence-electron chi connectivity index (χ2n) is 15.2. The zero-order chi connectivity index (χ0) is 39.6. The highest BCUT2D eigenvalue weighted by Gasteiger charge is 2.21. The van der Waals surface area contributed by atoms with Gasteiger partial charge < -0.3 is 8.98 Å². The monoisotopic (exact) mass is 766 g/mol. The molecule has 0 fully saturated rings. The Balaban J connectivity index is 1.02. The van der Waals surface area contributed by atoms with Gasteiger partial charge in [0.1, 0.15) is 5.58 Å². The Morgan fingerprint density at radius 1 is 0.333 bits per heavy atom. The van der Waals surface area contributed by atoms with Gasteiger partial charge in [0.05, 0.1) is 16.7 Å². The van der Waals surface area contributed by atoms with Gasteiger partial charge in [0.25, 0.3) is 0 Å². The molecule has 0 saturated heterocycles. The van der Waals surface area contributed by atoms with Crippen molar-refractivity contribution in [3.8, 4) is 62.1 Å². The lowest BCUT2D eigenvalue weighted by molar-refractivity contribution is 0.666. The maximum atomic E-state index is 6.94. The summed E-state index contributed by atoms with van der Waals surface area (Å²) in [5, 5.41) is 6.95. The minimum atomic E-state index is 0.581. The van der Waals surface area contributed by atoms with Gasteiger partial charge >= 0.3 is 0 Å². The molecule has 280 valence electrons. The molecule has 0 amide bonds. The van der Waals surface area contributed by atoms with Crippen LogP contribution in [0.4, 0.5) is 0 Å². The van der Waals surface area contributed by atoms with E-state index in [4.69, 9.17) is 19.4 Å². The highest BCUT2D eigenvalue weighted by Crippen LogP contribution is 2.42. The maximum Gasteiger partial charge on any atom is 0.164 e. The van der Waals surface area contributed by atoms with Crippen LogP contribution in [0, 0.1) is 0 Å². The number of nitrogens with zero attached hydrogens (tertiary/aromatic N) is 4. The van der Waals surface area contributed by atoms with E-state index in [-0.39, 0.29) is 0 Å². The van der Waals surface area contributed by atoms with Gasteiger partial charge in [-0.15, -0.1) is 0 Å². The lowest BCUT2D eigenvalue weighted by Crippen LogP contribution is -2.00. The molecule has 0 spiro atoms. The Morgan fingerprint density at radius 2 is 0.867 bits per heavy atom. The van der Waals surface area contributed by atoms with Gasteiger partial charge in [-0.2, -0.15) is 0 Å². The molecule has 0 atom stereocenters. The zero-order valence-corrected chi connectivity index (χ0v) is 32.3. The van der Waals surface area contributed by atoms with Crippen LogP contribution in [-0.4, -0.2) is 19.5 Å². The van der Waals surface area contributed by atoms with Gasteiger partial charge in [0.2, 0.25) is 0 Å². The number of hydrogen-bond donors (Lipinski definition) is 0. The first kappa shape index (κ1) is 33.9. The lowest BCUT2D eigenvalue weighted by atomic mass is 10.0. The third kappa shape index (κ3) is 5.59. The predicted molar refractivity (Wildman–Crippen MR) is 246 cm³/mol. The van der Waals surface area contributed by atoms with Gasteiger partial charge in [-0.1, -0.05) is 170 Å². The van der Waals surface area contributed by atoms with E-state index in [9.17, 15) is 0 Å². The molecule has 60 heavy (non-hydrogen) atoms. The smallest absolute Gasteiger partial charge is 0.164 e. The van der Waals surface area contributed by atoms with E-state index in [1.54, 1.807) is 0 Å². The highest BCUT2D eigenvalue weighted by atomic mass is 16.3. The molecule has 5 nitrogen and oxygen atoms in total. The van der Waals surface area contributed by atoms with E-state index < -0.39 is 0 Å². The minimum Gasteiger partial charge on any atom is -0.454 e. The molecule has 0 radical (unpaired) electrons. The Morgan fingerprint density at radius 3 is 1.60 bits per heavy atom. The topological polar surface area (TPSA) is 56.7 Å². The molecule has 0 N–H and O–H groups in total. The summed E-state index contributed by atoms with van der Waals surface area (Å²) >= 11 is 0. The maximum absolute atomic E-state index is 6.94. The zero-order valence-electron chi connectivity index (χ0n) is 32.3. The van der Waals surface area contributed by atoms with E-state index in [1.165, 1.54) is 32.7 Å². The Hall–Kier alpha value is -8.15. The summed E-state index contributed by atoms with van der Waals surface area (Å²) in [6.45, 7) is 0. The van der Waals surface area contributed by atoms with Crippen LogP contribution < -0.4 is 0 Å². The molecule has 12 rings (SSSR count). The summed E-state index contributed by atoms with van der Waals surface area (Å²) < 4.78 is 9.31. The summed E-state index contributed by atoms with van der Waals surface area (Å²) in [4.78, 5) is 15.1. The van der Waals surface area contributed by atoms with Crippen molar-refractivity contribution in [3.63, 3.8) is 0 Å². The first-order valence-corrected chi connectivity index (χ1v) is 20.2. The molecule has 0 unspecified atom stereocenters. The van der Waals surface area contributed by atoms with Crippen molar-refractivity contribution in [2.45, 2.75) is 0 Å². The van der Waals surface area contributed by atoms with E-state index in [0.29, 0.717) is 17.5 Å². The number of hydrogen-bond acceptors (Lipinski definition) is 4. The van der Waals surface area contributed by atoms with E-state index >= 15 is 0 Å². The normalized spacial score (nSPS) is 11.7. The Bertz CT molecular complexity index is 3570. The lowest BCUT2D eigenvalue weighted by Gasteiger charge is -2.09. The summed E-state index contributed by atoms with van der Waals surface area (Å²) in [6.07, 6.45) is 0. The summed E-state index contributed by atoms with van der Waals surface area (Å²) in [5.41, 5.74) is 12.2. The van der Waals surface area contributed by atoms with Gasteiger partial charge in [-0.3, -0.25) is 0 Å². The number of para-hydroxylation sites is 1. The standard InChI is InChI=1S/C55H34N4O/c1-4-13-35(14-5-1)37-23-25-40(26-24-37)54-56-53(39-18-8-3-9-19-39)57-55(58-54)42-27-30-44-45-21-12-22-49(52(45)60-50(44)34-42)59-47-31-29-41(36-15-6-2-7-16-36)33-46(47)51-43-20-11-10-17-38(43)28-32-48(51)59/h1-34H. The number of furan rings is 1. The van der Waals surface area contributed by atoms with Crippen molar-refractivity contribution in [1.29, 1.82) is 0 Å². The molecule has 0 aliphatic heterocycles. The fraction of sp³-hybridized carbons (Fsp3) is 0. The third-order valence-electron chi connectivity index (χ3n) is 11.7. The van der Waals surface area contributed by atoms with Crippen molar-refractivity contribution in [1.82, 2.24) is 19.5 Å². The van der Waals surface area contributed by atoms with Crippen LogP contribution in [0.5, 0.6) is 0 Å². The first-order chi connectivity index (χ1) is 29.7. The van der Waals surface area contributed by atoms with Crippen molar-refractivity contribution in [3.05, 3.63) is 206 Å². The number of benzene rings is 9. The Labute approximate surface area is 345 Å². The van der Waals surface area contributed by atoms with Crippen molar-refractivity contribution < 1.29 is 4.42 Å². The quantitative estimate of drug-likeness (QED) is 0.169. The molecule has 3 heterocycles. The van der Waals surface area contributed by atoms with Crippen LogP contribution >= 0.6 is 0 Å². The molecule has 0 saturated carbocycles. The van der Waals surface area contributed by atoms with E-state index in [0.717, 1.165) is 66.5 Å². The molecule has 0 bridgehead atoms. The summed E-state index contributed by atoms with van der Waals surface area (Å²) in [7, 11) is 0. The van der Waals surface area contributed by atoms with Crippen molar-refractivity contribution in [2.75, 3.05) is 0 Å². The fourth-order valence-electron chi connectivity index (χ4n) is 8.75. The Kier molecular flexibility index (Phi) is 7.78. The largest absolute Gasteiger partial charge is 0.454 e. The molecule has 9 aromatic carbocycles. The second kappa shape index (κ2) is 13.8. The molecule has 3 aromatic heterocycles. The van der Waals surface area contributed by atoms with Crippen LogP contribution in [0.15, 0.2) is 211 Å². The van der Waals surface area contributed by atoms with Crippen LogP contribution in [-0.2, 0) is 0 Å². The fourth-order valence-corrected chi connectivity index (χ4v) is 8.75. The van der Waals surface area contributed by atoms with Gasteiger partial charge in [-0.05, 0) is 69.4 Å². The van der Waals surface area contributed by atoms with Gasteiger partial charge in [-0.25, -0.2) is 15.0 Å². The van der Waals surface area contributed by atoms with Crippen LogP contribution in [0.3, 0.4) is 0 Å². The predicted octanol–water partition coefficient (Wildman–Crippen LogP) is 14.4. The van der Waals surface area contributed by atoms with Gasteiger partial charge in [0, 0.05) is 38.2 Å². The molecular formula is C55H34N4O. The SMILES string of the molecule is c1ccc(-c2ccc(-c3nc(-c4ccccc4)nc(-c4ccc5c(c4)oc4c(-n6c7ccc(-c8ccccc8)cc7c7c8ccccc8ccc76)cccc45)n3)cc2)cc1. The van der Waals surface area contributed by atoms with Crippen molar-refractivity contribution in [2.24, 2.45) is 0 Å². The van der Waals surface area contributed by atoms with E-state index in [2.05, 4.69) is 174 Å². The average molecular weight is 767 g/mol. The van der Waals surface area contributed by atoms with Crippen LogP contribution in [0.2, 0.25) is 0 Å². The first-order valence-electron chi connectivity index (χ1n) is 20.2. The number of fused-ring (bicyclic) bond motifs is 8. The molecule has 0 aliphatic carbocycles. The van der Waals surface area contributed by atoms with E-state index in [1.807, 2.05) is 36.4 Å². The molecule has 5 heteroatoms. The third-order valence-corrected chi connectivity index (χ3v) is 11.7. The average Bonchev–Trinajstić information content (AvgIpc) is 3.88. The van der Waals surface area contributed by atoms with Crippen LogP contribution in [0.25, 0.3) is 117 Å². The van der Waals surface area contributed by atoms with Gasteiger partial charge in [0.15, 0.2) is 23.1 Å². The summed E-state index contributed by atoms with van der Waals surface area (Å²) in [5.74, 6) is 1.81. The second-order valence-corrected chi connectivity index (χ2v) is 15.2. The number of aromatic nitrogens is 4.